The molecule has 0 radical (unpaired) electrons. The van der Waals surface area contributed by atoms with Crippen molar-refractivity contribution in [3.8, 4) is 5.75 Å². The zero-order chi connectivity index (χ0) is 22.0. The van der Waals surface area contributed by atoms with Crippen LogP contribution < -0.4 is 15.2 Å². The maximum atomic E-state index is 12.8. The smallest absolute Gasteiger partial charge is 0.259 e. The molecule has 0 unspecified atom stereocenters. The summed E-state index contributed by atoms with van der Waals surface area (Å²) in [6.45, 7) is 1.82. The average Bonchev–Trinajstić information content (AvgIpc) is 3.16. The molecule has 0 atom stereocenters. The largest absolute Gasteiger partial charge is 0.486 e. The van der Waals surface area contributed by atoms with Gasteiger partial charge in [-0.2, -0.15) is 0 Å². The topological polar surface area (TPSA) is 116 Å². The molecule has 0 spiro atoms. The molecule has 0 saturated heterocycles. The minimum absolute atomic E-state index is 0.0401. The first-order valence-electron chi connectivity index (χ1n) is 9.40. The van der Waals surface area contributed by atoms with Crippen LogP contribution in [-0.4, -0.2) is 23.7 Å². The molecule has 2 aromatic heterocycles. The highest BCUT2D eigenvalue weighted by Gasteiger charge is 2.16. The Morgan fingerprint density at radius 1 is 1.13 bits per heavy atom. The minimum Gasteiger partial charge on any atom is -0.486 e. The van der Waals surface area contributed by atoms with Gasteiger partial charge in [-0.1, -0.05) is 24.3 Å². The number of sulfonamides is 1. The van der Waals surface area contributed by atoms with Gasteiger partial charge < -0.3 is 14.5 Å². The van der Waals surface area contributed by atoms with Gasteiger partial charge in [-0.15, -0.1) is 0 Å². The predicted molar refractivity (Wildman–Crippen MR) is 116 cm³/mol. The third-order valence-electron chi connectivity index (χ3n) is 4.67. The number of fused-ring (bicyclic) bond motifs is 1. The Morgan fingerprint density at radius 2 is 1.90 bits per heavy atom. The van der Waals surface area contributed by atoms with Crippen LogP contribution in [-0.2, 0) is 16.6 Å². The molecule has 2 heterocycles. The quantitative estimate of drug-likeness (QED) is 0.482. The number of anilines is 1. The third kappa shape index (κ3) is 4.57. The fraction of sp³-hybridized carbons (Fsp3) is 0.0909. The first-order chi connectivity index (χ1) is 14.8. The van der Waals surface area contributed by atoms with Gasteiger partial charge in [-0.25, -0.2) is 18.5 Å². The van der Waals surface area contributed by atoms with Gasteiger partial charge in [0.2, 0.25) is 10.0 Å². The molecule has 4 aromatic rings. The van der Waals surface area contributed by atoms with Gasteiger partial charge in [0.15, 0.2) is 0 Å². The number of nitrogens with zero attached hydrogens (tertiary/aromatic N) is 2. The first-order valence-corrected chi connectivity index (χ1v) is 10.9. The summed E-state index contributed by atoms with van der Waals surface area (Å²) in [5.74, 6) is -0.0503. The standard InChI is InChI=1S/C22H20N4O4S/c1-15-9-10-16(12-20(15)31(23,28)29)25-22(27)18-6-2-3-7-19(18)30-14-17-13-26-11-5-4-8-21(26)24-17/h2-13H,14H2,1H3,(H,25,27)(H2,23,28,29). The molecule has 0 bridgehead atoms. The van der Waals surface area contributed by atoms with E-state index < -0.39 is 15.9 Å². The summed E-state index contributed by atoms with van der Waals surface area (Å²) in [5, 5.41) is 7.95. The SMILES string of the molecule is Cc1ccc(NC(=O)c2ccccc2OCc2cn3ccccc3n2)cc1S(N)(=O)=O. The molecule has 0 aliphatic carbocycles. The Balaban J connectivity index is 1.53. The highest BCUT2D eigenvalue weighted by molar-refractivity contribution is 7.89. The second kappa shape index (κ2) is 8.21. The summed E-state index contributed by atoms with van der Waals surface area (Å²) >= 11 is 0. The number of primary sulfonamides is 1. The molecule has 3 N–H and O–H groups in total. The molecular weight excluding hydrogens is 416 g/mol. The Kier molecular flexibility index (Phi) is 5.45. The number of amides is 1. The van der Waals surface area contributed by atoms with E-state index in [-0.39, 0.29) is 11.5 Å². The van der Waals surface area contributed by atoms with Crippen molar-refractivity contribution in [3.63, 3.8) is 0 Å². The summed E-state index contributed by atoms with van der Waals surface area (Å²) in [6, 6.07) is 17.0. The number of imidazole rings is 1. The molecule has 4 rings (SSSR count). The summed E-state index contributed by atoms with van der Waals surface area (Å²) < 4.78 is 31.2. The fourth-order valence-electron chi connectivity index (χ4n) is 3.17. The Labute approximate surface area is 179 Å². The van der Waals surface area contributed by atoms with Gasteiger partial charge in [0.05, 0.1) is 16.2 Å². The third-order valence-corrected chi connectivity index (χ3v) is 5.73. The van der Waals surface area contributed by atoms with Gasteiger partial charge >= 0.3 is 0 Å². The Bertz CT molecular complexity index is 1350. The molecule has 0 saturated carbocycles. The number of rotatable bonds is 6. The summed E-state index contributed by atoms with van der Waals surface area (Å²) in [7, 11) is -3.90. The number of aromatic nitrogens is 2. The van der Waals surface area contributed by atoms with Gasteiger partial charge in [0.1, 0.15) is 18.0 Å². The van der Waals surface area contributed by atoms with Crippen molar-refractivity contribution < 1.29 is 17.9 Å². The van der Waals surface area contributed by atoms with Crippen LogP contribution in [0.3, 0.4) is 0 Å². The van der Waals surface area contributed by atoms with Gasteiger partial charge in [-0.3, -0.25) is 4.79 Å². The molecule has 9 heteroatoms. The maximum Gasteiger partial charge on any atom is 0.259 e. The van der Waals surface area contributed by atoms with E-state index in [4.69, 9.17) is 9.88 Å². The number of nitrogens with two attached hydrogens (primary N) is 1. The maximum absolute atomic E-state index is 12.8. The second-order valence-corrected chi connectivity index (χ2v) is 8.49. The number of para-hydroxylation sites is 1. The lowest BCUT2D eigenvalue weighted by Crippen LogP contribution is -2.16. The number of hydrogen-bond donors (Lipinski definition) is 2. The first kappa shape index (κ1) is 20.6. The van der Waals surface area contributed by atoms with E-state index in [2.05, 4.69) is 10.3 Å². The van der Waals surface area contributed by atoms with Crippen molar-refractivity contribution in [2.45, 2.75) is 18.4 Å². The van der Waals surface area contributed by atoms with Crippen LogP contribution in [0.5, 0.6) is 5.75 Å². The molecule has 8 nitrogen and oxygen atoms in total. The molecule has 158 valence electrons. The molecule has 1 amide bonds. The Morgan fingerprint density at radius 3 is 2.68 bits per heavy atom. The van der Waals surface area contributed by atoms with Crippen LogP contribution >= 0.6 is 0 Å². The highest BCUT2D eigenvalue weighted by Crippen LogP contribution is 2.23. The number of aryl methyl sites for hydroxylation is 1. The van der Waals surface area contributed by atoms with Crippen molar-refractivity contribution in [1.82, 2.24) is 9.38 Å². The van der Waals surface area contributed by atoms with Crippen molar-refractivity contribution in [2.24, 2.45) is 5.14 Å². The molecule has 2 aromatic carbocycles. The lowest BCUT2D eigenvalue weighted by atomic mass is 10.1. The minimum atomic E-state index is -3.90. The molecule has 0 fully saturated rings. The summed E-state index contributed by atoms with van der Waals surface area (Å²) in [5.41, 5.74) is 2.64. The zero-order valence-corrected chi connectivity index (χ0v) is 17.5. The summed E-state index contributed by atoms with van der Waals surface area (Å²) in [6.07, 6.45) is 3.75. The predicted octanol–water partition coefficient (Wildman–Crippen LogP) is 3.12. The van der Waals surface area contributed by atoms with Crippen molar-refractivity contribution >= 4 is 27.3 Å². The number of nitrogens with one attached hydrogen (secondary N) is 1. The van der Waals surface area contributed by atoms with E-state index in [1.54, 1.807) is 43.3 Å². The van der Waals surface area contributed by atoms with Gasteiger partial charge in [0.25, 0.3) is 5.91 Å². The van der Waals surface area contributed by atoms with E-state index in [0.717, 1.165) is 11.3 Å². The normalized spacial score (nSPS) is 11.4. The van der Waals surface area contributed by atoms with E-state index in [9.17, 15) is 13.2 Å². The van der Waals surface area contributed by atoms with Crippen LogP contribution in [0, 0.1) is 6.92 Å². The Hall–Kier alpha value is -3.69. The summed E-state index contributed by atoms with van der Waals surface area (Å²) in [4.78, 5) is 17.3. The number of benzene rings is 2. The number of hydrogen-bond acceptors (Lipinski definition) is 5. The molecular formula is C22H20N4O4S. The van der Waals surface area contributed by atoms with Gasteiger partial charge in [-0.05, 0) is 48.9 Å². The van der Waals surface area contributed by atoms with E-state index in [1.807, 2.05) is 35.0 Å². The lowest BCUT2D eigenvalue weighted by Gasteiger charge is -2.12. The van der Waals surface area contributed by atoms with Crippen LogP contribution in [0.25, 0.3) is 5.65 Å². The number of carbonyl (C=O) groups is 1. The van der Waals surface area contributed by atoms with E-state index in [1.165, 1.54) is 6.07 Å². The van der Waals surface area contributed by atoms with Crippen LogP contribution in [0.15, 0.2) is 78.0 Å². The zero-order valence-electron chi connectivity index (χ0n) is 16.6. The lowest BCUT2D eigenvalue weighted by molar-refractivity contribution is 0.102. The van der Waals surface area contributed by atoms with Crippen molar-refractivity contribution in [3.05, 3.63) is 89.9 Å². The van der Waals surface area contributed by atoms with Gasteiger partial charge in [0, 0.05) is 18.1 Å². The molecule has 0 aliphatic heterocycles. The highest BCUT2D eigenvalue weighted by atomic mass is 32.2. The molecule has 31 heavy (non-hydrogen) atoms. The van der Waals surface area contributed by atoms with Crippen molar-refractivity contribution in [2.75, 3.05) is 5.32 Å². The van der Waals surface area contributed by atoms with Crippen LogP contribution in [0.1, 0.15) is 21.6 Å². The van der Waals surface area contributed by atoms with E-state index in [0.29, 0.717) is 22.6 Å². The molecule has 0 aliphatic rings. The number of ether oxygens (including phenoxy) is 1. The van der Waals surface area contributed by atoms with Crippen molar-refractivity contribution in [1.29, 1.82) is 0 Å². The number of pyridine rings is 1. The monoisotopic (exact) mass is 436 g/mol. The average molecular weight is 436 g/mol. The fourth-order valence-corrected chi connectivity index (χ4v) is 3.98. The van der Waals surface area contributed by atoms with Crippen LogP contribution in [0.2, 0.25) is 0 Å². The second-order valence-electron chi connectivity index (χ2n) is 6.96. The van der Waals surface area contributed by atoms with E-state index >= 15 is 0 Å². The van der Waals surface area contributed by atoms with Crippen LogP contribution in [0.4, 0.5) is 5.69 Å². The number of carbonyl (C=O) groups excluding carboxylic acids is 1.